The molecule has 0 bridgehead atoms. The highest BCUT2D eigenvalue weighted by Gasteiger charge is 2.24. The van der Waals surface area contributed by atoms with Crippen molar-refractivity contribution in [3.63, 3.8) is 0 Å². The highest BCUT2D eigenvalue weighted by molar-refractivity contribution is 5.82. The van der Waals surface area contributed by atoms with Gasteiger partial charge in [0.2, 0.25) is 5.91 Å². The summed E-state index contributed by atoms with van der Waals surface area (Å²) in [6.07, 6.45) is -0.564. The van der Waals surface area contributed by atoms with Crippen LogP contribution in [0.3, 0.4) is 0 Å². The number of ether oxygens (including phenoxy) is 1. The van der Waals surface area contributed by atoms with Crippen LogP contribution >= 0.6 is 0 Å². The number of rotatable bonds is 4. The molecule has 0 aromatic heterocycles. The van der Waals surface area contributed by atoms with Gasteiger partial charge in [0.05, 0.1) is 6.54 Å². The topological polar surface area (TPSA) is 95.9 Å². The van der Waals surface area contributed by atoms with Crippen LogP contribution in [0.2, 0.25) is 0 Å². The third-order valence-electron chi connectivity index (χ3n) is 1.98. The molecule has 1 aliphatic heterocycles. The Morgan fingerprint density at radius 1 is 1.57 bits per heavy atom. The summed E-state index contributed by atoms with van der Waals surface area (Å²) in [5.74, 6) is -1.71. The average Bonchev–Trinajstić information content (AvgIpc) is 2.66. The van der Waals surface area contributed by atoms with E-state index in [1.807, 2.05) is 0 Å². The Morgan fingerprint density at radius 2 is 2.29 bits per heavy atom. The zero-order valence-electron chi connectivity index (χ0n) is 7.60. The molecule has 1 heterocycles. The van der Waals surface area contributed by atoms with Crippen molar-refractivity contribution in [2.75, 3.05) is 13.2 Å². The summed E-state index contributed by atoms with van der Waals surface area (Å²) in [5.41, 5.74) is 0. The average molecular weight is 203 g/mol. The molecule has 1 amide bonds. The van der Waals surface area contributed by atoms with Crippen molar-refractivity contribution in [2.45, 2.75) is 25.0 Å². The summed E-state index contributed by atoms with van der Waals surface area (Å²) in [6, 6.07) is 0. The lowest BCUT2D eigenvalue weighted by atomic mass is 10.2. The zero-order valence-corrected chi connectivity index (χ0v) is 7.60. The largest absolute Gasteiger partial charge is 0.479 e. The van der Waals surface area contributed by atoms with Crippen LogP contribution in [0.25, 0.3) is 0 Å². The number of aliphatic hydroxyl groups is 1. The second-order valence-corrected chi connectivity index (χ2v) is 3.10. The van der Waals surface area contributed by atoms with E-state index < -0.39 is 18.2 Å². The minimum absolute atomic E-state index is 0.284. The van der Waals surface area contributed by atoms with E-state index in [1.54, 1.807) is 0 Å². The van der Waals surface area contributed by atoms with E-state index >= 15 is 0 Å². The smallest absolute Gasteiger partial charge is 0.334 e. The van der Waals surface area contributed by atoms with Gasteiger partial charge in [-0.25, -0.2) is 4.79 Å². The fourth-order valence-electron chi connectivity index (χ4n) is 1.18. The van der Waals surface area contributed by atoms with E-state index in [4.69, 9.17) is 14.9 Å². The highest BCUT2D eigenvalue weighted by atomic mass is 16.5. The molecule has 0 aliphatic carbocycles. The Hall–Kier alpha value is -1.14. The number of hydrogen-bond donors (Lipinski definition) is 3. The number of amides is 1. The van der Waals surface area contributed by atoms with E-state index in [0.29, 0.717) is 13.0 Å². The van der Waals surface area contributed by atoms with Crippen molar-refractivity contribution in [3.05, 3.63) is 0 Å². The number of hydrogen-bond acceptors (Lipinski definition) is 4. The van der Waals surface area contributed by atoms with Crippen molar-refractivity contribution in [1.82, 2.24) is 5.32 Å². The second-order valence-electron chi connectivity index (χ2n) is 3.10. The van der Waals surface area contributed by atoms with Gasteiger partial charge in [-0.3, -0.25) is 4.79 Å². The van der Waals surface area contributed by atoms with Gasteiger partial charge in [-0.15, -0.1) is 0 Å². The monoisotopic (exact) mass is 203 g/mol. The van der Waals surface area contributed by atoms with Gasteiger partial charge in [-0.05, 0) is 12.8 Å². The molecule has 1 fully saturated rings. The number of carboxylic acid groups (broad SMARTS) is 1. The highest BCUT2D eigenvalue weighted by Crippen LogP contribution is 2.11. The summed E-state index contributed by atoms with van der Waals surface area (Å²) in [7, 11) is 0. The minimum Gasteiger partial charge on any atom is -0.479 e. The summed E-state index contributed by atoms with van der Waals surface area (Å²) < 4.78 is 5.07. The second kappa shape index (κ2) is 4.92. The van der Waals surface area contributed by atoms with Gasteiger partial charge in [0.15, 0.2) is 6.10 Å². The van der Waals surface area contributed by atoms with Crippen LogP contribution in [0.4, 0.5) is 0 Å². The molecule has 6 nitrogen and oxygen atoms in total. The summed E-state index contributed by atoms with van der Waals surface area (Å²) in [4.78, 5) is 21.4. The van der Waals surface area contributed by atoms with E-state index in [0.717, 1.165) is 6.42 Å². The van der Waals surface area contributed by atoms with Gasteiger partial charge in [0.1, 0.15) is 6.10 Å². The SMILES string of the molecule is O=C(O)C(O)CNC(=O)[C@H]1CCCO1. The van der Waals surface area contributed by atoms with Gasteiger partial charge >= 0.3 is 5.97 Å². The number of aliphatic hydroxyl groups excluding tert-OH is 1. The van der Waals surface area contributed by atoms with Gasteiger partial charge in [-0.1, -0.05) is 0 Å². The van der Waals surface area contributed by atoms with E-state index in [2.05, 4.69) is 5.32 Å². The Labute approximate surface area is 80.9 Å². The first-order chi connectivity index (χ1) is 6.61. The molecule has 1 rings (SSSR count). The molecule has 2 atom stereocenters. The minimum atomic E-state index is -1.56. The van der Waals surface area contributed by atoms with Gasteiger partial charge < -0.3 is 20.3 Å². The van der Waals surface area contributed by atoms with Gasteiger partial charge in [0, 0.05) is 6.61 Å². The molecule has 1 aliphatic rings. The fourth-order valence-corrected chi connectivity index (χ4v) is 1.18. The maximum absolute atomic E-state index is 11.2. The van der Waals surface area contributed by atoms with Crippen molar-refractivity contribution in [3.8, 4) is 0 Å². The third-order valence-corrected chi connectivity index (χ3v) is 1.98. The molecular formula is C8H13NO5. The first-order valence-corrected chi connectivity index (χ1v) is 4.41. The normalized spacial score (nSPS) is 23.1. The molecule has 6 heteroatoms. The van der Waals surface area contributed by atoms with E-state index in [9.17, 15) is 9.59 Å². The molecule has 1 saturated heterocycles. The molecule has 0 aromatic carbocycles. The van der Waals surface area contributed by atoms with Crippen LogP contribution in [0.1, 0.15) is 12.8 Å². The number of nitrogens with one attached hydrogen (secondary N) is 1. The number of carbonyl (C=O) groups excluding carboxylic acids is 1. The zero-order chi connectivity index (χ0) is 10.6. The van der Waals surface area contributed by atoms with Crippen LogP contribution in [0, 0.1) is 0 Å². The lowest BCUT2D eigenvalue weighted by Crippen LogP contribution is -2.41. The molecule has 0 saturated carbocycles. The van der Waals surface area contributed by atoms with Gasteiger partial charge in [0.25, 0.3) is 0 Å². The van der Waals surface area contributed by atoms with Crippen LogP contribution < -0.4 is 5.32 Å². The standard InChI is InChI=1S/C8H13NO5/c10-5(8(12)13)4-9-7(11)6-2-1-3-14-6/h5-6,10H,1-4H2,(H,9,11)(H,12,13)/t5?,6-/m1/s1. The van der Waals surface area contributed by atoms with Crippen LogP contribution in [0.5, 0.6) is 0 Å². The number of aliphatic carboxylic acids is 1. The Bertz CT molecular complexity index is 224. The summed E-state index contributed by atoms with van der Waals surface area (Å²) in [5, 5.41) is 19.5. The lowest BCUT2D eigenvalue weighted by Gasteiger charge is -2.11. The Morgan fingerprint density at radius 3 is 2.79 bits per heavy atom. The number of carboxylic acids is 1. The van der Waals surface area contributed by atoms with Crippen LogP contribution in [-0.2, 0) is 14.3 Å². The molecule has 80 valence electrons. The third kappa shape index (κ3) is 2.97. The molecule has 3 N–H and O–H groups in total. The predicted octanol–water partition coefficient (Wildman–Crippen LogP) is -1.27. The molecule has 0 radical (unpaired) electrons. The maximum Gasteiger partial charge on any atom is 0.334 e. The lowest BCUT2D eigenvalue weighted by molar-refractivity contribution is -0.146. The summed E-state index contributed by atoms with van der Waals surface area (Å²) in [6.45, 7) is 0.271. The van der Waals surface area contributed by atoms with E-state index in [1.165, 1.54) is 0 Å². The molecular weight excluding hydrogens is 190 g/mol. The van der Waals surface area contributed by atoms with Gasteiger partial charge in [-0.2, -0.15) is 0 Å². The Balaban J connectivity index is 2.23. The first-order valence-electron chi connectivity index (χ1n) is 4.41. The molecule has 0 aromatic rings. The molecule has 14 heavy (non-hydrogen) atoms. The van der Waals surface area contributed by atoms with E-state index in [-0.39, 0.29) is 12.5 Å². The Kier molecular flexibility index (Phi) is 3.84. The van der Waals surface area contributed by atoms with Crippen molar-refractivity contribution >= 4 is 11.9 Å². The molecule has 0 spiro atoms. The van der Waals surface area contributed by atoms with Crippen LogP contribution in [-0.4, -0.2) is 47.4 Å². The van der Waals surface area contributed by atoms with Crippen molar-refractivity contribution in [1.29, 1.82) is 0 Å². The van der Waals surface area contributed by atoms with Crippen molar-refractivity contribution < 1.29 is 24.5 Å². The van der Waals surface area contributed by atoms with Crippen LogP contribution in [0.15, 0.2) is 0 Å². The quantitative estimate of drug-likeness (QED) is 0.529. The summed E-state index contributed by atoms with van der Waals surface area (Å²) >= 11 is 0. The van der Waals surface area contributed by atoms with Crippen molar-refractivity contribution in [2.24, 2.45) is 0 Å². The first kappa shape index (κ1) is 10.9. The maximum atomic E-state index is 11.2. The molecule has 1 unspecified atom stereocenters. The predicted molar refractivity (Wildman–Crippen MR) is 45.6 cm³/mol. The fraction of sp³-hybridized carbons (Fsp3) is 0.750. The number of carbonyl (C=O) groups is 2.